The largest absolute Gasteiger partial charge is 0.480 e. The highest BCUT2D eigenvalue weighted by Crippen LogP contribution is 2.22. The second-order valence-electron chi connectivity index (χ2n) is 8.84. The maximum atomic E-state index is 13.1. The van der Waals surface area contributed by atoms with E-state index in [1.54, 1.807) is 0 Å². The molecule has 2 aliphatic rings. The third kappa shape index (κ3) is 7.80. The van der Waals surface area contributed by atoms with Crippen molar-refractivity contribution in [3.05, 3.63) is 0 Å². The Morgan fingerprint density at radius 2 is 1.54 bits per heavy atom. The quantitative estimate of drug-likeness (QED) is 0.0926. The van der Waals surface area contributed by atoms with Gasteiger partial charge in [0.15, 0.2) is 5.96 Å². The Morgan fingerprint density at radius 3 is 2.11 bits per heavy atom. The Morgan fingerprint density at radius 1 is 0.943 bits per heavy atom. The van der Waals surface area contributed by atoms with Crippen LogP contribution in [0.25, 0.3) is 0 Å². The fourth-order valence-corrected chi connectivity index (χ4v) is 4.46. The van der Waals surface area contributed by atoms with E-state index in [4.69, 9.17) is 22.9 Å². The van der Waals surface area contributed by atoms with E-state index in [2.05, 4.69) is 10.3 Å². The van der Waals surface area contributed by atoms with Crippen molar-refractivity contribution in [1.29, 1.82) is 0 Å². The number of guanidine groups is 1. The minimum Gasteiger partial charge on any atom is -0.480 e. The van der Waals surface area contributed by atoms with Crippen molar-refractivity contribution in [2.75, 3.05) is 19.6 Å². The summed E-state index contributed by atoms with van der Waals surface area (Å²) in [4.78, 5) is 68.4. The van der Waals surface area contributed by atoms with Gasteiger partial charge in [-0.2, -0.15) is 0 Å². The molecule has 4 unspecified atom stereocenters. The van der Waals surface area contributed by atoms with Gasteiger partial charge in [-0.05, 0) is 44.9 Å². The van der Waals surface area contributed by atoms with Gasteiger partial charge in [0, 0.05) is 26.1 Å². The van der Waals surface area contributed by atoms with Crippen molar-refractivity contribution >= 4 is 35.6 Å². The molecule has 196 valence electrons. The molecule has 0 saturated carbocycles. The number of nitrogens with one attached hydrogen (secondary N) is 1. The van der Waals surface area contributed by atoms with Gasteiger partial charge < -0.3 is 43.2 Å². The van der Waals surface area contributed by atoms with Crippen LogP contribution in [-0.2, 0) is 24.0 Å². The molecule has 0 aliphatic carbocycles. The number of amides is 4. The number of carboxylic acids is 1. The molecule has 0 radical (unpaired) electrons. The van der Waals surface area contributed by atoms with E-state index in [1.807, 2.05) is 0 Å². The molecule has 35 heavy (non-hydrogen) atoms. The first-order valence-corrected chi connectivity index (χ1v) is 11.8. The number of hydrogen-bond donors (Lipinski definition) is 6. The molecule has 0 spiro atoms. The normalized spacial score (nSPS) is 21.3. The molecule has 0 aromatic heterocycles. The number of carboxylic acid groups (broad SMARTS) is 1. The van der Waals surface area contributed by atoms with E-state index in [0.29, 0.717) is 51.6 Å². The van der Waals surface area contributed by atoms with Gasteiger partial charge in [-0.15, -0.1) is 0 Å². The summed E-state index contributed by atoms with van der Waals surface area (Å²) in [5.41, 5.74) is 21.8. The van der Waals surface area contributed by atoms with Crippen LogP contribution in [0, 0.1) is 0 Å². The van der Waals surface area contributed by atoms with Crippen molar-refractivity contribution in [3.8, 4) is 0 Å². The van der Waals surface area contributed by atoms with E-state index in [-0.39, 0.29) is 25.3 Å². The van der Waals surface area contributed by atoms with Gasteiger partial charge in [0.1, 0.15) is 18.1 Å². The van der Waals surface area contributed by atoms with Crippen molar-refractivity contribution in [1.82, 2.24) is 15.1 Å². The maximum Gasteiger partial charge on any atom is 0.326 e. The zero-order valence-electron chi connectivity index (χ0n) is 19.7. The topological polar surface area (TPSA) is 241 Å². The lowest BCUT2D eigenvalue weighted by Gasteiger charge is -2.30. The number of primary amides is 1. The molecule has 0 aromatic carbocycles. The summed E-state index contributed by atoms with van der Waals surface area (Å²) in [5.74, 6) is -3.37. The van der Waals surface area contributed by atoms with E-state index >= 15 is 0 Å². The Bertz CT molecular complexity index is 846. The minimum atomic E-state index is -1.14. The zero-order valence-corrected chi connectivity index (χ0v) is 19.7. The van der Waals surface area contributed by atoms with E-state index in [9.17, 15) is 29.1 Å². The van der Waals surface area contributed by atoms with Gasteiger partial charge >= 0.3 is 5.97 Å². The van der Waals surface area contributed by atoms with Crippen molar-refractivity contribution in [2.45, 2.75) is 75.5 Å². The third-order valence-electron chi connectivity index (χ3n) is 6.24. The Labute approximate surface area is 203 Å². The third-order valence-corrected chi connectivity index (χ3v) is 6.24. The Kier molecular flexibility index (Phi) is 10.2. The molecule has 2 heterocycles. The molecule has 10 N–H and O–H groups in total. The number of rotatable bonds is 12. The predicted octanol–water partition coefficient (Wildman–Crippen LogP) is -2.82. The van der Waals surface area contributed by atoms with Crippen LogP contribution in [0.5, 0.6) is 0 Å². The van der Waals surface area contributed by atoms with Crippen LogP contribution in [0.4, 0.5) is 0 Å². The van der Waals surface area contributed by atoms with Gasteiger partial charge in [0.25, 0.3) is 0 Å². The van der Waals surface area contributed by atoms with E-state index < -0.39 is 53.8 Å². The number of carbonyl (C=O) groups is 5. The van der Waals surface area contributed by atoms with Gasteiger partial charge in [-0.1, -0.05) is 0 Å². The number of aliphatic carboxylic acids is 1. The molecule has 14 heteroatoms. The first kappa shape index (κ1) is 27.8. The average Bonchev–Trinajstić information content (AvgIpc) is 3.48. The van der Waals surface area contributed by atoms with Gasteiger partial charge in [0.05, 0.1) is 6.04 Å². The first-order valence-electron chi connectivity index (χ1n) is 11.8. The SMILES string of the molecule is NC(=O)CCC(NC(=O)C1CCCN1C(=O)C(N)CCCN=C(N)N)C(=O)N1CCCC1C(=O)O. The maximum absolute atomic E-state index is 13.1. The molecule has 4 atom stereocenters. The number of nitrogens with zero attached hydrogens (tertiary/aromatic N) is 3. The highest BCUT2D eigenvalue weighted by Gasteiger charge is 2.40. The molecular weight excluding hydrogens is 460 g/mol. The molecule has 2 rings (SSSR count). The van der Waals surface area contributed by atoms with Crippen LogP contribution in [0.2, 0.25) is 0 Å². The average molecular weight is 497 g/mol. The van der Waals surface area contributed by atoms with E-state index in [1.165, 1.54) is 9.80 Å². The van der Waals surface area contributed by atoms with Crippen LogP contribution in [-0.4, -0.2) is 94.3 Å². The summed E-state index contributed by atoms with van der Waals surface area (Å²) in [6.07, 6.45) is 2.36. The number of nitrogens with two attached hydrogens (primary N) is 4. The highest BCUT2D eigenvalue weighted by atomic mass is 16.4. The van der Waals surface area contributed by atoms with Crippen LogP contribution in [0.3, 0.4) is 0 Å². The molecule has 0 bridgehead atoms. The summed E-state index contributed by atoms with van der Waals surface area (Å²) in [5, 5.41) is 12.0. The number of hydrogen-bond acceptors (Lipinski definition) is 7. The number of carbonyl (C=O) groups excluding carboxylic acids is 4. The van der Waals surface area contributed by atoms with Gasteiger partial charge in [0.2, 0.25) is 23.6 Å². The lowest BCUT2D eigenvalue weighted by Crippen LogP contribution is -2.56. The van der Waals surface area contributed by atoms with Crippen LogP contribution in [0.15, 0.2) is 4.99 Å². The van der Waals surface area contributed by atoms with Crippen LogP contribution >= 0.6 is 0 Å². The standard InChI is InChI=1S/C21H36N8O6/c22-12(4-1-9-26-21(24)25)18(32)28-10-2-5-14(28)17(31)27-13(7-8-16(23)30)19(33)29-11-3-6-15(29)20(34)35/h12-15H,1-11,22H2,(H2,23,30)(H,27,31)(H,34,35)(H4,24,25,26). The molecule has 2 fully saturated rings. The fourth-order valence-electron chi connectivity index (χ4n) is 4.46. The first-order chi connectivity index (χ1) is 16.5. The Balaban J connectivity index is 2.06. The predicted molar refractivity (Wildman–Crippen MR) is 125 cm³/mol. The summed E-state index contributed by atoms with van der Waals surface area (Å²) in [7, 11) is 0. The monoisotopic (exact) mass is 496 g/mol. The second-order valence-corrected chi connectivity index (χ2v) is 8.84. The molecular formula is C21H36N8O6. The molecule has 14 nitrogen and oxygen atoms in total. The zero-order chi connectivity index (χ0) is 26.1. The summed E-state index contributed by atoms with van der Waals surface area (Å²) in [6.45, 7) is 0.901. The summed E-state index contributed by atoms with van der Waals surface area (Å²) in [6, 6.07) is -3.80. The minimum absolute atomic E-state index is 0.0507. The second kappa shape index (κ2) is 12.9. The highest BCUT2D eigenvalue weighted by molar-refractivity contribution is 5.94. The van der Waals surface area contributed by atoms with E-state index in [0.717, 1.165) is 0 Å². The van der Waals surface area contributed by atoms with Gasteiger partial charge in [-0.3, -0.25) is 24.2 Å². The smallest absolute Gasteiger partial charge is 0.326 e. The van der Waals surface area contributed by atoms with Crippen molar-refractivity contribution < 1.29 is 29.1 Å². The summed E-state index contributed by atoms with van der Waals surface area (Å²) >= 11 is 0. The molecule has 0 aromatic rings. The Hall–Kier alpha value is -3.42. The molecule has 4 amide bonds. The van der Waals surface area contributed by atoms with Crippen molar-refractivity contribution in [3.63, 3.8) is 0 Å². The van der Waals surface area contributed by atoms with Gasteiger partial charge in [-0.25, -0.2) is 4.79 Å². The lowest BCUT2D eigenvalue weighted by molar-refractivity contribution is -0.150. The lowest BCUT2D eigenvalue weighted by atomic mass is 10.1. The molecule has 2 saturated heterocycles. The van der Waals surface area contributed by atoms with Crippen LogP contribution < -0.4 is 28.3 Å². The van der Waals surface area contributed by atoms with Crippen molar-refractivity contribution in [2.24, 2.45) is 27.9 Å². The summed E-state index contributed by atoms with van der Waals surface area (Å²) < 4.78 is 0. The van der Waals surface area contributed by atoms with Crippen LogP contribution in [0.1, 0.15) is 51.4 Å². The molecule has 2 aliphatic heterocycles. The fraction of sp³-hybridized carbons (Fsp3) is 0.714. The number of likely N-dealkylation sites (tertiary alicyclic amines) is 2. The number of aliphatic imine (C=N–C) groups is 1.